The molecule has 0 saturated carbocycles. The fraction of sp³-hybridized carbons (Fsp3) is 0.438. The highest BCUT2D eigenvalue weighted by Crippen LogP contribution is 2.34. The number of nitrogen functional groups attached to an aromatic ring is 1. The molecule has 1 unspecified atom stereocenters. The van der Waals surface area contributed by atoms with Gasteiger partial charge >= 0.3 is 0 Å². The van der Waals surface area contributed by atoms with Gasteiger partial charge in [-0.25, -0.2) is 0 Å². The van der Waals surface area contributed by atoms with Crippen LogP contribution in [0.4, 0.5) is 11.4 Å². The highest BCUT2D eigenvalue weighted by molar-refractivity contribution is 5.97. The Morgan fingerprint density at radius 1 is 1.30 bits per heavy atom. The van der Waals surface area contributed by atoms with Gasteiger partial charge in [0.05, 0.1) is 29.2 Å². The van der Waals surface area contributed by atoms with Gasteiger partial charge in [0.25, 0.3) is 0 Å². The molecule has 2 heterocycles. The minimum atomic E-state index is -0.219. The van der Waals surface area contributed by atoms with Crippen molar-refractivity contribution in [2.75, 3.05) is 23.7 Å². The van der Waals surface area contributed by atoms with Gasteiger partial charge in [0, 0.05) is 18.5 Å². The molecular weight excluding hydrogens is 250 g/mol. The number of hydrogen-bond acceptors (Lipinski definition) is 4. The lowest BCUT2D eigenvalue weighted by atomic mass is 9.91. The first-order valence-electron chi connectivity index (χ1n) is 7.23. The zero-order valence-electron chi connectivity index (χ0n) is 11.8. The van der Waals surface area contributed by atoms with Gasteiger partial charge in [0.15, 0.2) is 0 Å². The van der Waals surface area contributed by atoms with Crippen molar-refractivity contribution >= 4 is 22.3 Å². The molecule has 2 aromatic rings. The molecule has 3 rings (SSSR count). The Morgan fingerprint density at radius 2 is 2.00 bits per heavy atom. The molecule has 0 radical (unpaired) electrons. The molecular formula is C16H21N3O. The molecule has 1 aliphatic heterocycles. The van der Waals surface area contributed by atoms with Crippen LogP contribution in [0.2, 0.25) is 0 Å². The average Bonchev–Trinajstić information content (AvgIpc) is 2.47. The van der Waals surface area contributed by atoms with Gasteiger partial charge in [-0.15, -0.1) is 0 Å². The van der Waals surface area contributed by atoms with E-state index in [9.17, 15) is 5.11 Å². The lowest BCUT2D eigenvalue weighted by molar-refractivity contribution is 0.110. The predicted molar refractivity (Wildman–Crippen MR) is 82.8 cm³/mol. The van der Waals surface area contributed by atoms with Crippen LogP contribution in [-0.4, -0.2) is 29.3 Å². The second-order valence-corrected chi connectivity index (χ2v) is 5.64. The summed E-state index contributed by atoms with van der Waals surface area (Å²) in [5.74, 6) is 0.403. The molecule has 3 N–H and O–H groups in total. The molecule has 0 bridgehead atoms. The summed E-state index contributed by atoms with van der Waals surface area (Å²) in [6.07, 6.45) is 3.55. The molecule has 4 heteroatoms. The normalized spacial score (nSPS) is 18.4. The number of para-hydroxylation sites is 1. The van der Waals surface area contributed by atoms with E-state index in [1.54, 1.807) is 6.20 Å². The molecule has 20 heavy (non-hydrogen) atoms. The van der Waals surface area contributed by atoms with Gasteiger partial charge in [0.1, 0.15) is 0 Å². The summed E-state index contributed by atoms with van der Waals surface area (Å²) in [7, 11) is 0. The third-order valence-corrected chi connectivity index (χ3v) is 4.31. The van der Waals surface area contributed by atoms with E-state index in [2.05, 4.69) is 16.0 Å². The first-order valence-corrected chi connectivity index (χ1v) is 7.23. The van der Waals surface area contributed by atoms with Crippen LogP contribution in [0, 0.1) is 5.92 Å². The summed E-state index contributed by atoms with van der Waals surface area (Å²) in [5, 5.41) is 10.8. The Morgan fingerprint density at radius 3 is 2.70 bits per heavy atom. The monoisotopic (exact) mass is 271 g/mol. The Hall–Kier alpha value is -1.81. The molecule has 0 amide bonds. The minimum Gasteiger partial charge on any atom is -0.396 e. The van der Waals surface area contributed by atoms with Crippen LogP contribution in [0.5, 0.6) is 0 Å². The average molecular weight is 271 g/mol. The first-order chi connectivity index (χ1) is 9.66. The third kappa shape index (κ3) is 2.31. The van der Waals surface area contributed by atoms with Crippen LogP contribution >= 0.6 is 0 Å². The van der Waals surface area contributed by atoms with E-state index >= 15 is 0 Å². The molecule has 1 atom stereocenters. The van der Waals surface area contributed by atoms with Crippen molar-refractivity contribution in [1.82, 2.24) is 4.98 Å². The van der Waals surface area contributed by atoms with Crippen molar-refractivity contribution in [3.63, 3.8) is 0 Å². The SMILES string of the molecule is CC(O)C1CCN(c2c(N)cnc3ccccc23)CC1. The van der Waals surface area contributed by atoms with Crippen LogP contribution < -0.4 is 10.6 Å². The molecule has 1 aromatic heterocycles. The molecule has 1 aromatic carbocycles. The summed E-state index contributed by atoms with van der Waals surface area (Å²) in [5.41, 5.74) is 8.97. The largest absolute Gasteiger partial charge is 0.396 e. The van der Waals surface area contributed by atoms with Gasteiger partial charge in [0.2, 0.25) is 0 Å². The molecule has 106 valence electrons. The third-order valence-electron chi connectivity index (χ3n) is 4.31. The molecule has 1 aliphatic rings. The lowest BCUT2D eigenvalue weighted by Gasteiger charge is -2.35. The number of benzene rings is 1. The number of nitrogens with two attached hydrogens (primary N) is 1. The molecule has 4 nitrogen and oxygen atoms in total. The van der Waals surface area contributed by atoms with Gasteiger partial charge in [-0.1, -0.05) is 18.2 Å². The standard InChI is InChI=1S/C16H21N3O/c1-11(20)12-6-8-19(9-7-12)16-13-4-2-3-5-15(13)18-10-14(16)17/h2-5,10-12,20H,6-9,17H2,1H3. The van der Waals surface area contributed by atoms with Gasteiger partial charge in [-0.2, -0.15) is 0 Å². The summed E-state index contributed by atoms with van der Waals surface area (Å²) in [4.78, 5) is 6.72. The number of rotatable bonds is 2. The molecule has 1 fully saturated rings. The highest BCUT2D eigenvalue weighted by atomic mass is 16.3. The number of nitrogens with zero attached hydrogens (tertiary/aromatic N) is 2. The second kappa shape index (κ2) is 5.29. The molecule has 1 saturated heterocycles. The highest BCUT2D eigenvalue weighted by Gasteiger charge is 2.24. The van der Waals surface area contributed by atoms with Crippen LogP contribution in [0.3, 0.4) is 0 Å². The van der Waals surface area contributed by atoms with E-state index in [0.717, 1.165) is 48.2 Å². The second-order valence-electron chi connectivity index (χ2n) is 5.64. The number of aliphatic hydroxyl groups is 1. The van der Waals surface area contributed by atoms with Crippen molar-refractivity contribution in [3.05, 3.63) is 30.5 Å². The van der Waals surface area contributed by atoms with Crippen molar-refractivity contribution in [2.45, 2.75) is 25.9 Å². The van der Waals surface area contributed by atoms with Crippen LogP contribution in [0.15, 0.2) is 30.5 Å². The number of fused-ring (bicyclic) bond motifs is 1. The van der Waals surface area contributed by atoms with E-state index in [1.807, 2.05) is 25.1 Å². The lowest BCUT2D eigenvalue weighted by Crippen LogP contribution is -2.37. The zero-order valence-corrected chi connectivity index (χ0v) is 11.8. The maximum atomic E-state index is 9.71. The smallest absolute Gasteiger partial charge is 0.0745 e. The Bertz CT molecular complexity index is 604. The van der Waals surface area contributed by atoms with Crippen LogP contribution in [0.25, 0.3) is 10.9 Å². The summed E-state index contributed by atoms with van der Waals surface area (Å²) in [6.45, 7) is 3.76. The van der Waals surface area contributed by atoms with E-state index in [4.69, 9.17) is 5.73 Å². The Labute approximate surface area is 119 Å². The van der Waals surface area contributed by atoms with E-state index in [-0.39, 0.29) is 6.10 Å². The van der Waals surface area contributed by atoms with Crippen molar-refractivity contribution in [1.29, 1.82) is 0 Å². The number of hydrogen-bond donors (Lipinski definition) is 2. The summed E-state index contributed by atoms with van der Waals surface area (Å²) in [6, 6.07) is 8.11. The van der Waals surface area contributed by atoms with Crippen molar-refractivity contribution in [2.24, 2.45) is 5.92 Å². The van der Waals surface area contributed by atoms with Crippen molar-refractivity contribution in [3.8, 4) is 0 Å². The fourth-order valence-corrected chi connectivity index (χ4v) is 3.10. The number of piperidine rings is 1. The zero-order chi connectivity index (χ0) is 14.1. The van der Waals surface area contributed by atoms with Crippen LogP contribution in [0.1, 0.15) is 19.8 Å². The topological polar surface area (TPSA) is 62.4 Å². The van der Waals surface area contributed by atoms with Gasteiger partial charge in [-0.05, 0) is 31.7 Å². The van der Waals surface area contributed by atoms with Crippen LogP contribution in [-0.2, 0) is 0 Å². The van der Waals surface area contributed by atoms with E-state index in [0.29, 0.717) is 5.92 Å². The number of aromatic nitrogens is 1. The summed E-state index contributed by atoms with van der Waals surface area (Å²) < 4.78 is 0. The quantitative estimate of drug-likeness (QED) is 0.880. The fourth-order valence-electron chi connectivity index (χ4n) is 3.10. The van der Waals surface area contributed by atoms with Gasteiger partial charge in [-0.3, -0.25) is 4.98 Å². The number of aliphatic hydroxyl groups excluding tert-OH is 1. The number of anilines is 2. The van der Waals surface area contributed by atoms with Gasteiger partial charge < -0.3 is 15.7 Å². The number of pyridine rings is 1. The van der Waals surface area contributed by atoms with E-state index < -0.39 is 0 Å². The predicted octanol–water partition coefficient (Wildman–Crippen LogP) is 2.41. The minimum absolute atomic E-state index is 0.219. The maximum Gasteiger partial charge on any atom is 0.0745 e. The molecule has 0 spiro atoms. The Balaban J connectivity index is 1.93. The van der Waals surface area contributed by atoms with E-state index in [1.165, 1.54) is 0 Å². The molecule has 0 aliphatic carbocycles. The maximum absolute atomic E-state index is 9.71. The first kappa shape index (κ1) is 13.2. The van der Waals surface area contributed by atoms with Crippen molar-refractivity contribution < 1.29 is 5.11 Å². The summed E-state index contributed by atoms with van der Waals surface area (Å²) >= 11 is 0. The Kier molecular flexibility index (Phi) is 3.49.